The third-order valence-corrected chi connectivity index (χ3v) is 3.69. The van der Waals surface area contributed by atoms with E-state index in [9.17, 15) is 23.5 Å². The van der Waals surface area contributed by atoms with Gasteiger partial charge in [0.2, 0.25) is 0 Å². The quantitative estimate of drug-likeness (QED) is 0.739. The number of carboxylic acids is 1. The zero-order valence-corrected chi connectivity index (χ0v) is 13.6. The molecule has 0 aliphatic carbocycles. The molecule has 1 aromatic heterocycles. The minimum atomic E-state index is -1.79. The summed E-state index contributed by atoms with van der Waals surface area (Å²) in [6.07, 6.45) is 0.782. The molecule has 0 fully saturated rings. The van der Waals surface area contributed by atoms with E-state index < -0.39 is 35.5 Å². The highest BCUT2D eigenvalue weighted by Crippen LogP contribution is 2.24. The van der Waals surface area contributed by atoms with Crippen LogP contribution < -0.4 is 5.32 Å². The molecule has 0 aliphatic heterocycles. The molecule has 8 heteroatoms. The Morgan fingerprint density at radius 1 is 1.32 bits per heavy atom. The first kappa shape index (κ1) is 18.6. The second-order valence-electron chi connectivity index (χ2n) is 5.87. The molecule has 1 unspecified atom stereocenters. The molecule has 25 heavy (non-hydrogen) atoms. The normalized spacial score (nSPS) is 13.3. The van der Waals surface area contributed by atoms with Crippen LogP contribution >= 0.6 is 0 Å². The number of halogens is 2. The Balaban J connectivity index is 2.16. The van der Waals surface area contributed by atoms with Gasteiger partial charge in [-0.15, -0.1) is 0 Å². The fraction of sp³-hybridized carbons (Fsp3) is 0.294. The van der Waals surface area contributed by atoms with Crippen LogP contribution in [0.2, 0.25) is 0 Å². The first-order valence-corrected chi connectivity index (χ1v) is 7.36. The maximum atomic E-state index is 13.8. The number of furan rings is 1. The molecule has 0 saturated heterocycles. The van der Waals surface area contributed by atoms with Gasteiger partial charge in [0.05, 0.1) is 18.4 Å². The number of rotatable bonds is 6. The monoisotopic (exact) mass is 353 g/mol. The lowest BCUT2D eigenvalue weighted by Crippen LogP contribution is -2.39. The summed E-state index contributed by atoms with van der Waals surface area (Å²) in [5.74, 6) is -3.57. The van der Waals surface area contributed by atoms with Gasteiger partial charge in [-0.05, 0) is 19.9 Å². The SMILES string of the molecule is Cc1coc(CC(=O)O)c1C(=O)NCC(C)(O)c1ccc(F)cc1F. The highest BCUT2D eigenvalue weighted by Gasteiger charge is 2.29. The van der Waals surface area contributed by atoms with E-state index in [-0.39, 0.29) is 23.4 Å². The van der Waals surface area contributed by atoms with Crippen molar-refractivity contribution < 1.29 is 33.0 Å². The lowest BCUT2D eigenvalue weighted by Gasteiger charge is -2.24. The lowest BCUT2D eigenvalue weighted by atomic mass is 9.95. The first-order chi connectivity index (χ1) is 11.6. The van der Waals surface area contributed by atoms with Crippen molar-refractivity contribution >= 4 is 11.9 Å². The van der Waals surface area contributed by atoms with Crippen molar-refractivity contribution in [3.63, 3.8) is 0 Å². The van der Waals surface area contributed by atoms with Crippen molar-refractivity contribution in [2.75, 3.05) is 6.54 Å². The number of nitrogens with one attached hydrogen (secondary N) is 1. The molecule has 3 N–H and O–H groups in total. The first-order valence-electron chi connectivity index (χ1n) is 7.36. The summed E-state index contributed by atoms with van der Waals surface area (Å²) in [7, 11) is 0. The smallest absolute Gasteiger partial charge is 0.311 e. The Bertz CT molecular complexity index is 813. The third-order valence-electron chi connectivity index (χ3n) is 3.69. The Labute approximate surface area is 142 Å². The predicted octanol–water partition coefficient (Wildman–Crippen LogP) is 2.13. The van der Waals surface area contributed by atoms with Crippen LogP contribution in [-0.4, -0.2) is 28.6 Å². The predicted molar refractivity (Wildman–Crippen MR) is 83.0 cm³/mol. The molecule has 1 amide bonds. The van der Waals surface area contributed by atoms with Crippen molar-refractivity contribution in [2.24, 2.45) is 0 Å². The Kier molecular flexibility index (Phi) is 5.22. The minimum Gasteiger partial charge on any atom is -0.481 e. The van der Waals surface area contributed by atoms with E-state index in [0.29, 0.717) is 11.6 Å². The van der Waals surface area contributed by atoms with Crippen molar-refractivity contribution in [2.45, 2.75) is 25.9 Å². The number of hydrogen-bond acceptors (Lipinski definition) is 4. The molecule has 2 rings (SSSR count). The van der Waals surface area contributed by atoms with Gasteiger partial charge in [0.15, 0.2) is 0 Å². The van der Waals surface area contributed by atoms with Gasteiger partial charge in [0.1, 0.15) is 29.4 Å². The molecule has 6 nitrogen and oxygen atoms in total. The molecule has 2 aromatic rings. The van der Waals surface area contributed by atoms with Crippen LogP contribution in [0.5, 0.6) is 0 Å². The van der Waals surface area contributed by atoms with Crippen LogP contribution in [0.3, 0.4) is 0 Å². The molecule has 0 spiro atoms. The molecule has 0 bridgehead atoms. The van der Waals surface area contributed by atoms with Crippen LogP contribution in [0.25, 0.3) is 0 Å². The summed E-state index contributed by atoms with van der Waals surface area (Å²) in [6.45, 7) is 2.47. The topological polar surface area (TPSA) is 99.8 Å². The summed E-state index contributed by atoms with van der Waals surface area (Å²) in [5, 5.41) is 21.7. The van der Waals surface area contributed by atoms with E-state index in [0.717, 1.165) is 12.1 Å². The Hall–Kier alpha value is -2.74. The summed E-state index contributed by atoms with van der Waals surface area (Å²) in [5.41, 5.74) is -1.49. The maximum absolute atomic E-state index is 13.8. The molecular weight excluding hydrogens is 336 g/mol. The highest BCUT2D eigenvalue weighted by atomic mass is 19.1. The van der Waals surface area contributed by atoms with Crippen molar-refractivity contribution in [3.05, 3.63) is 58.5 Å². The van der Waals surface area contributed by atoms with Crippen molar-refractivity contribution in [1.82, 2.24) is 5.32 Å². The molecule has 1 heterocycles. The number of carbonyl (C=O) groups excluding carboxylic acids is 1. The van der Waals surface area contributed by atoms with E-state index in [1.165, 1.54) is 13.2 Å². The van der Waals surface area contributed by atoms with E-state index in [4.69, 9.17) is 9.52 Å². The number of aryl methyl sites for hydroxylation is 1. The summed E-state index contributed by atoms with van der Waals surface area (Å²) in [6, 6.07) is 2.73. The molecule has 1 atom stereocenters. The van der Waals surface area contributed by atoms with Crippen LogP contribution in [0.1, 0.15) is 34.2 Å². The molecule has 0 saturated carbocycles. The van der Waals surface area contributed by atoms with Crippen LogP contribution in [-0.2, 0) is 16.8 Å². The zero-order chi connectivity index (χ0) is 18.8. The lowest BCUT2D eigenvalue weighted by molar-refractivity contribution is -0.136. The average Bonchev–Trinajstić information content (AvgIpc) is 2.84. The number of carboxylic acid groups (broad SMARTS) is 1. The van der Waals surface area contributed by atoms with E-state index in [2.05, 4.69) is 5.32 Å². The second kappa shape index (κ2) is 7.02. The van der Waals surface area contributed by atoms with Crippen LogP contribution in [0.15, 0.2) is 28.9 Å². The second-order valence-corrected chi connectivity index (χ2v) is 5.87. The zero-order valence-electron chi connectivity index (χ0n) is 13.6. The number of aliphatic hydroxyl groups is 1. The van der Waals surface area contributed by atoms with Gasteiger partial charge in [-0.1, -0.05) is 6.07 Å². The molecule has 134 valence electrons. The van der Waals surface area contributed by atoms with Gasteiger partial charge in [-0.25, -0.2) is 8.78 Å². The summed E-state index contributed by atoms with van der Waals surface area (Å²) < 4.78 is 31.9. The van der Waals surface area contributed by atoms with E-state index in [1.54, 1.807) is 6.92 Å². The van der Waals surface area contributed by atoms with Gasteiger partial charge >= 0.3 is 5.97 Å². The molecule has 1 aromatic carbocycles. The van der Waals surface area contributed by atoms with Gasteiger partial charge in [0, 0.05) is 17.2 Å². The molecule has 0 aliphatic rings. The van der Waals surface area contributed by atoms with Crippen molar-refractivity contribution in [3.8, 4) is 0 Å². The highest BCUT2D eigenvalue weighted by molar-refractivity contribution is 5.97. The minimum absolute atomic E-state index is 0.0184. The summed E-state index contributed by atoms with van der Waals surface area (Å²) in [4.78, 5) is 23.1. The third kappa shape index (κ3) is 4.21. The Morgan fingerprint density at radius 3 is 2.60 bits per heavy atom. The number of amides is 1. The molecular formula is C17H17F2NO5. The number of aliphatic carboxylic acids is 1. The van der Waals surface area contributed by atoms with Gasteiger partial charge in [-0.3, -0.25) is 9.59 Å². The number of carbonyl (C=O) groups is 2. The van der Waals surface area contributed by atoms with E-state index >= 15 is 0 Å². The fourth-order valence-electron chi connectivity index (χ4n) is 2.43. The standard InChI is InChI=1S/C17H17F2NO5/c1-9-7-25-13(6-14(21)22)15(9)16(23)20-8-17(2,24)11-4-3-10(18)5-12(11)19/h3-5,7,24H,6,8H2,1-2H3,(H,20,23)(H,21,22). The van der Waals surface area contributed by atoms with Gasteiger partial charge in [0.25, 0.3) is 5.91 Å². The maximum Gasteiger partial charge on any atom is 0.311 e. The summed E-state index contributed by atoms with van der Waals surface area (Å²) >= 11 is 0. The Morgan fingerprint density at radius 2 is 2.00 bits per heavy atom. The number of hydrogen-bond donors (Lipinski definition) is 3. The van der Waals surface area contributed by atoms with Crippen LogP contribution in [0, 0.1) is 18.6 Å². The molecule has 0 radical (unpaired) electrons. The van der Waals surface area contributed by atoms with Crippen molar-refractivity contribution in [1.29, 1.82) is 0 Å². The largest absolute Gasteiger partial charge is 0.481 e. The van der Waals surface area contributed by atoms with E-state index in [1.807, 2.05) is 0 Å². The van der Waals surface area contributed by atoms with Gasteiger partial charge in [-0.2, -0.15) is 0 Å². The average molecular weight is 353 g/mol. The fourth-order valence-corrected chi connectivity index (χ4v) is 2.43. The number of benzene rings is 1. The van der Waals surface area contributed by atoms with Gasteiger partial charge < -0.3 is 19.9 Å². The van der Waals surface area contributed by atoms with Crippen LogP contribution in [0.4, 0.5) is 8.78 Å².